The van der Waals surface area contributed by atoms with Gasteiger partial charge in [-0.2, -0.15) is 0 Å². The third kappa shape index (κ3) is 4.61. The first-order valence-corrected chi connectivity index (χ1v) is 9.03. The van der Waals surface area contributed by atoms with Crippen molar-refractivity contribution >= 4 is 11.7 Å². The highest BCUT2D eigenvalue weighted by Crippen LogP contribution is 2.23. The van der Waals surface area contributed by atoms with Crippen molar-refractivity contribution in [3.05, 3.63) is 59.5 Å². The van der Waals surface area contributed by atoms with Crippen LogP contribution in [0.3, 0.4) is 0 Å². The Bertz CT molecular complexity index is 778. The lowest BCUT2D eigenvalue weighted by Crippen LogP contribution is -2.39. The molecule has 2 aromatic rings. The Morgan fingerprint density at radius 1 is 1.26 bits per heavy atom. The average molecular weight is 372 g/mol. The minimum atomic E-state index is -0.699. The third-order valence-corrected chi connectivity index (χ3v) is 4.60. The van der Waals surface area contributed by atoms with Gasteiger partial charge in [0.2, 0.25) is 5.91 Å². The quantitative estimate of drug-likeness (QED) is 0.840. The highest BCUT2D eigenvalue weighted by Gasteiger charge is 2.26. The van der Waals surface area contributed by atoms with E-state index >= 15 is 0 Å². The molecule has 1 atom stereocenters. The molecular formula is C20H25FN4O2. The Morgan fingerprint density at radius 3 is 2.70 bits per heavy atom. The number of carbonyl (C=O) groups is 1. The van der Waals surface area contributed by atoms with Crippen LogP contribution in [0.2, 0.25) is 0 Å². The van der Waals surface area contributed by atoms with Gasteiger partial charge in [-0.3, -0.25) is 9.69 Å². The van der Waals surface area contributed by atoms with Gasteiger partial charge >= 0.3 is 0 Å². The highest BCUT2D eigenvalue weighted by molar-refractivity contribution is 5.83. The maximum absolute atomic E-state index is 14.2. The van der Waals surface area contributed by atoms with Crippen molar-refractivity contribution in [3.63, 3.8) is 0 Å². The standard InChI is InChI=1S/C20H25FN4O2/c1-24(2)18(16-7-3-4-8-17(16)21)20(26)23-14-15-6-5-9-22-19(15)25-10-12-27-13-11-25/h3-9,18H,10-14H2,1-2H3,(H,23,26)/t18-/m1/s1. The Balaban J connectivity index is 1.74. The van der Waals surface area contributed by atoms with Crippen LogP contribution in [-0.4, -0.2) is 56.2 Å². The van der Waals surface area contributed by atoms with Gasteiger partial charge in [-0.05, 0) is 26.2 Å². The molecule has 1 saturated heterocycles. The fourth-order valence-corrected chi connectivity index (χ4v) is 3.26. The summed E-state index contributed by atoms with van der Waals surface area (Å²) in [7, 11) is 3.53. The molecule has 1 aliphatic heterocycles. The van der Waals surface area contributed by atoms with Gasteiger partial charge in [0, 0.05) is 37.0 Å². The van der Waals surface area contributed by atoms with E-state index in [0.717, 1.165) is 24.5 Å². The normalized spacial score (nSPS) is 15.6. The topological polar surface area (TPSA) is 57.7 Å². The second-order valence-electron chi connectivity index (χ2n) is 6.69. The number of pyridine rings is 1. The molecule has 1 fully saturated rings. The number of morpholine rings is 1. The predicted octanol–water partition coefficient (Wildman–Crippen LogP) is 1.98. The van der Waals surface area contributed by atoms with Gasteiger partial charge in [0.05, 0.1) is 13.2 Å². The fraction of sp³-hybridized carbons (Fsp3) is 0.400. The number of carbonyl (C=O) groups excluding carboxylic acids is 1. The molecule has 3 rings (SSSR count). The number of hydrogen-bond donors (Lipinski definition) is 1. The fourth-order valence-electron chi connectivity index (χ4n) is 3.26. The van der Waals surface area contributed by atoms with E-state index in [-0.39, 0.29) is 11.7 Å². The number of likely N-dealkylation sites (N-methyl/N-ethyl adjacent to an activating group) is 1. The molecule has 1 aliphatic rings. The molecule has 0 saturated carbocycles. The van der Waals surface area contributed by atoms with Crippen molar-refractivity contribution in [2.75, 3.05) is 45.3 Å². The van der Waals surface area contributed by atoms with E-state index in [9.17, 15) is 9.18 Å². The Hall–Kier alpha value is -2.51. The van der Waals surface area contributed by atoms with E-state index in [0.29, 0.717) is 25.3 Å². The molecule has 1 aromatic heterocycles. The lowest BCUT2D eigenvalue weighted by Gasteiger charge is -2.29. The molecular weight excluding hydrogens is 347 g/mol. The van der Waals surface area contributed by atoms with Crippen LogP contribution in [0.4, 0.5) is 10.2 Å². The molecule has 6 nitrogen and oxygen atoms in total. The molecule has 27 heavy (non-hydrogen) atoms. The number of benzene rings is 1. The predicted molar refractivity (Wildman–Crippen MR) is 102 cm³/mol. The van der Waals surface area contributed by atoms with Gasteiger partial charge in [0.15, 0.2) is 0 Å². The van der Waals surface area contributed by atoms with Gasteiger partial charge in [-0.25, -0.2) is 9.37 Å². The molecule has 1 amide bonds. The van der Waals surface area contributed by atoms with Crippen molar-refractivity contribution in [1.29, 1.82) is 0 Å². The van der Waals surface area contributed by atoms with Crippen LogP contribution in [-0.2, 0) is 16.1 Å². The summed E-state index contributed by atoms with van der Waals surface area (Å²) < 4.78 is 19.6. The number of nitrogens with zero attached hydrogens (tertiary/aromatic N) is 3. The summed E-state index contributed by atoms with van der Waals surface area (Å²) in [4.78, 5) is 21.2. The number of hydrogen-bond acceptors (Lipinski definition) is 5. The summed E-state index contributed by atoms with van der Waals surface area (Å²) >= 11 is 0. The van der Waals surface area contributed by atoms with E-state index in [4.69, 9.17) is 4.74 Å². The largest absolute Gasteiger partial charge is 0.378 e. The zero-order chi connectivity index (χ0) is 19.2. The number of rotatable bonds is 6. The molecule has 144 valence electrons. The summed E-state index contributed by atoms with van der Waals surface area (Å²) in [5.74, 6) is 0.219. The Kier molecular flexibility index (Phi) is 6.36. The molecule has 0 unspecified atom stereocenters. The SMILES string of the molecule is CN(C)[C@@H](C(=O)NCc1cccnc1N1CCOCC1)c1ccccc1F. The molecule has 1 aromatic carbocycles. The Morgan fingerprint density at radius 2 is 2.00 bits per heavy atom. The monoisotopic (exact) mass is 372 g/mol. The molecule has 2 heterocycles. The van der Waals surface area contributed by atoms with E-state index in [1.165, 1.54) is 6.07 Å². The van der Waals surface area contributed by atoms with Crippen molar-refractivity contribution in [3.8, 4) is 0 Å². The van der Waals surface area contributed by atoms with E-state index < -0.39 is 6.04 Å². The smallest absolute Gasteiger partial charge is 0.242 e. The second-order valence-corrected chi connectivity index (χ2v) is 6.69. The molecule has 1 N–H and O–H groups in total. The van der Waals surface area contributed by atoms with Crippen LogP contribution in [0.15, 0.2) is 42.6 Å². The molecule has 0 aliphatic carbocycles. The number of aromatic nitrogens is 1. The molecule has 7 heteroatoms. The summed E-state index contributed by atoms with van der Waals surface area (Å²) in [6.07, 6.45) is 1.75. The summed E-state index contributed by atoms with van der Waals surface area (Å²) in [5.41, 5.74) is 1.29. The van der Waals surface area contributed by atoms with Gasteiger partial charge in [0.25, 0.3) is 0 Å². The lowest BCUT2D eigenvalue weighted by atomic mass is 10.0. The minimum Gasteiger partial charge on any atom is -0.378 e. The number of halogens is 1. The number of ether oxygens (including phenoxy) is 1. The number of nitrogens with one attached hydrogen (secondary N) is 1. The minimum absolute atomic E-state index is 0.248. The van der Waals surface area contributed by atoms with E-state index in [1.54, 1.807) is 43.4 Å². The summed E-state index contributed by atoms with van der Waals surface area (Å²) in [6.45, 7) is 3.20. The van der Waals surface area contributed by atoms with Crippen LogP contribution in [0.5, 0.6) is 0 Å². The van der Waals surface area contributed by atoms with Gasteiger partial charge in [0.1, 0.15) is 17.7 Å². The first-order chi connectivity index (χ1) is 13.1. The zero-order valence-electron chi connectivity index (χ0n) is 15.7. The van der Waals surface area contributed by atoms with Crippen LogP contribution < -0.4 is 10.2 Å². The average Bonchev–Trinajstić information content (AvgIpc) is 2.69. The van der Waals surface area contributed by atoms with E-state index in [2.05, 4.69) is 15.2 Å². The number of amides is 1. The van der Waals surface area contributed by atoms with Gasteiger partial charge < -0.3 is 15.0 Å². The molecule has 0 bridgehead atoms. The zero-order valence-corrected chi connectivity index (χ0v) is 15.7. The maximum atomic E-state index is 14.2. The van der Waals surface area contributed by atoms with E-state index in [1.807, 2.05) is 12.1 Å². The van der Waals surface area contributed by atoms with Gasteiger partial charge in [-0.1, -0.05) is 24.3 Å². The Labute approximate surface area is 158 Å². The van der Waals surface area contributed by atoms with Crippen LogP contribution in [0, 0.1) is 5.82 Å². The first-order valence-electron chi connectivity index (χ1n) is 9.03. The van der Waals surface area contributed by atoms with Crippen molar-refractivity contribution in [2.24, 2.45) is 0 Å². The highest BCUT2D eigenvalue weighted by atomic mass is 19.1. The van der Waals surface area contributed by atoms with Crippen molar-refractivity contribution in [2.45, 2.75) is 12.6 Å². The first kappa shape index (κ1) is 19.3. The van der Waals surface area contributed by atoms with Crippen molar-refractivity contribution < 1.29 is 13.9 Å². The van der Waals surface area contributed by atoms with Crippen LogP contribution in [0.25, 0.3) is 0 Å². The second kappa shape index (κ2) is 8.92. The lowest BCUT2D eigenvalue weighted by molar-refractivity contribution is -0.126. The molecule has 0 spiro atoms. The van der Waals surface area contributed by atoms with Crippen molar-refractivity contribution in [1.82, 2.24) is 15.2 Å². The van der Waals surface area contributed by atoms with Gasteiger partial charge in [-0.15, -0.1) is 0 Å². The van der Waals surface area contributed by atoms with Crippen LogP contribution >= 0.6 is 0 Å². The molecule has 0 radical (unpaired) electrons. The summed E-state index contributed by atoms with van der Waals surface area (Å²) in [6, 6.07) is 9.47. The maximum Gasteiger partial charge on any atom is 0.242 e. The number of anilines is 1. The summed E-state index contributed by atoms with van der Waals surface area (Å²) in [5, 5.41) is 2.94. The third-order valence-electron chi connectivity index (χ3n) is 4.60. The van der Waals surface area contributed by atoms with Crippen LogP contribution in [0.1, 0.15) is 17.2 Å².